The highest BCUT2D eigenvalue weighted by Gasteiger charge is 2.24. The molecule has 0 radical (unpaired) electrons. The quantitative estimate of drug-likeness (QED) is 0.651. The summed E-state index contributed by atoms with van der Waals surface area (Å²) in [6, 6.07) is 19.1. The van der Waals surface area contributed by atoms with E-state index in [9.17, 15) is 9.90 Å². The van der Waals surface area contributed by atoms with E-state index in [0.29, 0.717) is 11.5 Å². The van der Waals surface area contributed by atoms with E-state index in [-0.39, 0.29) is 5.76 Å². The summed E-state index contributed by atoms with van der Waals surface area (Å²) in [5.74, 6) is -1.76. The topological polar surface area (TPSA) is 79.5 Å². The van der Waals surface area contributed by atoms with E-state index in [1.54, 1.807) is 61.5 Å². The molecule has 116 valence electrons. The van der Waals surface area contributed by atoms with Crippen LogP contribution >= 0.6 is 0 Å². The second-order valence-electron chi connectivity index (χ2n) is 4.68. The summed E-state index contributed by atoms with van der Waals surface area (Å²) in [6.45, 7) is 1.55. The molecule has 5 heteroatoms. The molecule has 1 N–H and O–H groups in total. The molecule has 0 saturated heterocycles. The van der Waals surface area contributed by atoms with Crippen LogP contribution in [0.2, 0.25) is 0 Å². The summed E-state index contributed by atoms with van der Waals surface area (Å²) in [7, 11) is 0. The lowest BCUT2D eigenvalue weighted by Crippen LogP contribution is -2.18. The first-order valence-corrected chi connectivity index (χ1v) is 6.94. The fourth-order valence-electron chi connectivity index (χ4n) is 1.81. The molecular formula is C18H15NO4. The van der Waals surface area contributed by atoms with E-state index in [1.807, 2.05) is 12.1 Å². The minimum absolute atomic E-state index is 0.0462. The average Bonchev–Trinajstić information content (AvgIpc) is 2.59. The first-order chi connectivity index (χ1) is 11.1. The molecule has 0 aliphatic rings. The number of rotatable bonds is 6. The zero-order chi connectivity index (χ0) is 16.7. The number of para-hydroxylation sites is 2. The number of carboxylic acid groups (broad SMARTS) is 1. The Morgan fingerprint density at radius 1 is 1.00 bits per heavy atom. The highest BCUT2D eigenvalue weighted by molar-refractivity contribution is 5.85. The van der Waals surface area contributed by atoms with Crippen molar-refractivity contribution in [2.45, 2.75) is 6.92 Å². The molecule has 1 unspecified atom stereocenters. The number of allylic oxidation sites excluding steroid dienone is 1. The van der Waals surface area contributed by atoms with Gasteiger partial charge in [-0.25, -0.2) is 4.79 Å². The van der Waals surface area contributed by atoms with Gasteiger partial charge in [0.2, 0.25) is 0 Å². The van der Waals surface area contributed by atoms with Crippen molar-refractivity contribution in [1.29, 1.82) is 5.26 Å². The average molecular weight is 309 g/mol. The molecule has 0 saturated carbocycles. The molecule has 2 aromatic rings. The van der Waals surface area contributed by atoms with Crippen molar-refractivity contribution in [3.05, 3.63) is 72.2 Å². The van der Waals surface area contributed by atoms with Crippen LogP contribution in [0.15, 0.2) is 72.2 Å². The molecule has 0 aliphatic heterocycles. The molecule has 0 aromatic heterocycles. The molecule has 23 heavy (non-hydrogen) atoms. The van der Waals surface area contributed by atoms with E-state index in [2.05, 4.69) is 0 Å². The summed E-state index contributed by atoms with van der Waals surface area (Å²) in [6.07, 6.45) is 0. The Hall–Kier alpha value is -3.26. The highest BCUT2D eigenvalue weighted by Crippen LogP contribution is 2.24. The van der Waals surface area contributed by atoms with E-state index in [0.717, 1.165) is 0 Å². The van der Waals surface area contributed by atoms with E-state index < -0.39 is 17.6 Å². The minimum atomic E-state index is -1.30. The van der Waals surface area contributed by atoms with Crippen LogP contribution in [0, 0.1) is 17.2 Å². The molecule has 0 aliphatic carbocycles. The molecule has 1 atom stereocenters. The smallest absolute Gasteiger partial charge is 0.375 e. The molecule has 0 amide bonds. The third-order valence-electron chi connectivity index (χ3n) is 2.94. The Morgan fingerprint density at radius 2 is 1.48 bits per heavy atom. The maximum absolute atomic E-state index is 11.6. The molecule has 5 nitrogen and oxygen atoms in total. The molecule has 0 bridgehead atoms. The highest BCUT2D eigenvalue weighted by atomic mass is 16.5. The number of nitriles is 1. The number of carboxylic acids is 1. The van der Waals surface area contributed by atoms with Gasteiger partial charge in [0.15, 0.2) is 5.76 Å². The van der Waals surface area contributed by atoms with Crippen LogP contribution in [0.3, 0.4) is 0 Å². The van der Waals surface area contributed by atoms with E-state index in [4.69, 9.17) is 14.7 Å². The SMILES string of the molecule is CC(C#N)C(Oc1ccccc1)=C(Oc1ccccc1)C(=O)O. The van der Waals surface area contributed by atoms with E-state index in [1.165, 1.54) is 0 Å². The number of hydrogen-bond acceptors (Lipinski definition) is 4. The summed E-state index contributed by atoms with van der Waals surface area (Å²) < 4.78 is 11.1. The summed E-state index contributed by atoms with van der Waals surface area (Å²) in [5, 5.41) is 18.6. The fourth-order valence-corrected chi connectivity index (χ4v) is 1.81. The van der Waals surface area contributed by atoms with Crippen molar-refractivity contribution in [1.82, 2.24) is 0 Å². The van der Waals surface area contributed by atoms with Crippen LogP contribution in [-0.2, 0) is 4.79 Å². The van der Waals surface area contributed by atoms with Crippen LogP contribution < -0.4 is 9.47 Å². The lowest BCUT2D eigenvalue weighted by Gasteiger charge is -2.16. The number of carbonyl (C=O) groups is 1. The third kappa shape index (κ3) is 4.35. The molecule has 2 rings (SSSR count). The fraction of sp³-hybridized carbons (Fsp3) is 0.111. The van der Waals surface area contributed by atoms with Gasteiger partial charge in [-0.2, -0.15) is 5.26 Å². The Morgan fingerprint density at radius 3 is 1.91 bits per heavy atom. The molecule has 0 spiro atoms. The van der Waals surface area contributed by atoms with Gasteiger partial charge < -0.3 is 14.6 Å². The lowest BCUT2D eigenvalue weighted by molar-refractivity contribution is -0.135. The monoisotopic (exact) mass is 309 g/mol. The van der Waals surface area contributed by atoms with Crippen LogP contribution in [0.4, 0.5) is 0 Å². The summed E-state index contributed by atoms with van der Waals surface area (Å²) in [5.41, 5.74) is 0. The van der Waals surface area contributed by atoms with Gasteiger partial charge in [-0.1, -0.05) is 36.4 Å². The number of benzene rings is 2. The van der Waals surface area contributed by atoms with Gasteiger partial charge in [0.1, 0.15) is 17.4 Å². The Labute approximate surface area is 134 Å². The van der Waals surface area contributed by atoms with Crippen molar-refractivity contribution in [3.63, 3.8) is 0 Å². The van der Waals surface area contributed by atoms with E-state index >= 15 is 0 Å². The lowest BCUT2D eigenvalue weighted by atomic mass is 10.1. The second-order valence-corrected chi connectivity index (χ2v) is 4.68. The van der Waals surface area contributed by atoms with Gasteiger partial charge in [-0.3, -0.25) is 0 Å². The maximum Gasteiger partial charge on any atom is 0.375 e. The first kappa shape index (κ1) is 16.1. The predicted molar refractivity (Wildman–Crippen MR) is 83.6 cm³/mol. The van der Waals surface area contributed by atoms with Crippen molar-refractivity contribution in [2.75, 3.05) is 0 Å². The number of ether oxygens (including phenoxy) is 2. The van der Waals surface area contributed by atoms with Crippen molar-refractivity contribution in [2.24, 2.45) is 5.92 Å². The minimum Gasteiger partial charge on any atom is -0.475 e. The standard InChI is InChI=1S/C18H15NO4/c1-13(12-19)16(22-14-8-4-2-5-9-14)17(18(20)21)23-15-10-6-3-7-11-15/h2-11,13H,1H3,(H,20,21). The molecule has 0 fully saturated rings. The van der Waals surface area contributed by atoms with Crippen molar-refractivity contribution >= 4 is 5.97 Å². The number of nitrogens with zero attached hydrogens (tertiary/aromatic N) is 1. The summed E-state index contributed by atoms with van der Waals surface area (Å²) in [4.78, 5) is 11.6. The Bertz CT molecular complexity index is 733. The predicted octanol–water partition coefficient (Wildman–Crippen LogP) is 3.60. The van der Waals surface area contributed by atoms with Crippen molar-refractivity contribution < 1.29 is 19.4 Å². The second kappa shape index (κ2) is 7.66. The van der Waals surface area contributed by atoms with Crippen molar-refractivity contribution in [3.8, 4) is 17.6 Å². The molecule has 2 aromatic carbocycles. The third-order valence-corrected chi connectivity index (χ3v) is 2.94. The van der Waals surface area contributed by atoms with Gasteiger partial charge >= 0.3 is 5.97 Å². The molecular weight excluding hydrogens is 294 g/mol. The maximum atomic E-state index is 11.6. The van der Waals surface area contributed by atoms with Crippen LogP contribution in [0.5, 0.6) is 11.5 Å². The van der Waals surface area contributed by atoms with Gasteiger partial charge in [0.25, 0.3) is 5.76 Å². The van der Waals surface area contributed by atoms with Gasteiger partial charge in [0, 0.05) is 0 Å². The normalized spacial score (nSPS) is 12.5. The van der Waals surface area contributed by atoms with Crippen LogP contribution in [0.1, 0.15) is 6.92 Å². The number of hydrogen-bond donors (Lipinski definition) is 1. The molecule has 0 heterocycles. The zero-order valence-electron chi connectivity index (χ0n) is 12.5. The van der Waals surface area contributed by atoms with Crippen LogP contribution in [-0.4, -0.2) is 11.1 Å². The largest absolute Gasteiger partial charge is 0.475 e. The van der Waals surface area contributed by atoms with Crippen LogP contribution in [0.25, 0.3) is 0 Å². The zero-order valence-corrected chi connectivity index (χ0v) is 12.5. The summed E-state index contributed by atoms with van der Waals surface area (Å²) >= 11 is 0. The van der Waals surface area contributed by atoms with Gasteiger partial charge in [-0.15, -0.1) is 0 Å². The Balaban J connectivity index is 2.43. The van der Waals surface area contributed by atoms with Gasteiger partial charge in [-0.05, 0) is 31.2 Å². The first-order valence-electron chi connectivity index (χ1n) is 6.94. The number of aliphatic carboxylic acids is 1. The van der Waals surface area contributed by atoms with Gasteiger partial charge in [0.05, 0.1) is 6.07 Å². The Kier molecular flexibility index (Phi) is 5.37.